The van der Waals surface area contributed by atoms with Gasteiger partial charge in [0, 0.05) is 28.7 Å². The van der Waals surface area contributed by atoms with E-state index in [2.05, 4.69) is 6.08 Å². The van der Waals surface area contributed by atoms with Crippen LogP contribution in [0.4, 0.5) is 0 Å². The number of hydrogen-bond acceptors (Lipinski definition) is 5. The third-order valence-corrected chi connectivity index (χ3v) is 9.09. The van der Waals surface area contributed by atoms with Crippen molar-refractivity contribution in [2.75, 3.05) is 0 Å². The maximum atomic E-state index is 13.9. The molecule has 0 spiro atoms. The van der Waals surface area contributed by atoms with Gasteiger partial charge in [-0.2, -0.15) is 0 Å². The van der Waals surface area contributed by atoms with E-state index in [1.807, 2.05) is 6.07 Å². The van der Waals surface area contributed by atoms with Crippen LogP contribution in [0.15, 0.2) is 52.6 Å². The first-order chi connectivity index (χ1) is 17.3. The van der Waals surface area contributed by atoms with Crippen molar-refractivity contribution in [2.24, 2.45) is 17.8 Å². The Balaban J connectivity index is 1.47. The summed E-state index contributed by atoms with van der Waals surface area (Å²) in [5.74, 6) is -1.97. The summed E-state index contributed by atoms with van der Waals surface area (Å²) in [6.45, 7) is 3.47. The topological polar surface area (TPSA) is 91.8 Å². The largest absolute Gasteiger partial charge is 0.508 e. The molecule has 6 heteroatoms. The average Bonchev–Trinajstić information content (AvgIpc) is 3.13. The zero-order chi connectivity index (χ0) is 25.3. The highest BCUT2D eigenvalue weighted by molar-refractivity contribution is 6.23. The summed E-state index contributed by atoms with van der Waals surface area (Å²) in [5, 5.41) is 10.1. The molecule has 0 radical (unpaired) electrons. The minimum Gasteiger partial charge on any atom is -0.508 e. The fourth-order valence-electron chi connectivity index (χ4n) is 7.32. The molecule has 36 heavy (non-hydrogen) atoms. The maximum absolute atomic E-state index is 13.9. The Kier molecular flexibility index (Phi) is 5.39. The van der Waals surface area contributed by atoms with Crippen LogP contribution in [0.2, 0.25) is 0 Å². The first kappa shape index (κ1) is 23.1. The summed E-state index contributed by atoms with van der Waals surface area (Å²) in [4.78, 5) is 55.6. The van der Waals surface area contributed by atoms with Gasteiger partial charge >= 0.3 is 0 Å². The summed E-state index contributed by atoms with van der Waals surface area (Å²) in [6.07, 6.45) is 9.18. The van der Waals surface area contributed by atoms with Gasteiger partial charge < -0.3 is 5.11 Å². The van der Waals surface area contributed by atoms with E-state index in [9.17, 15) is 24.3 Å². The Morgan fingerprint density at radius 3 is 2.42 bits per heavy atom. The number of phenols is 1. The molecule has 1 saturated carbocycles. The molecule has 186 valence electrons. The highest BCUT2D eigenvalue weighted by Crippen LogP contribution is 2.55. The molecule has 6 nitrogen and oxygen atoms in total. The van der Waals surface area contributed by atoms with Crippen LogP contribution in [0.3, 0.4) is 0 Å². The standard InChI is InChI=1S/C30H31NO5/c1-15-12-17(8-11-23(15)32)25-19-9-10-20-26(30(36)31(29(20)35)18-6-4-3-5-7-18)21(19)14-22-24(33)13-16(2)28(34)27(22)25/h8-9,11-13,18,20-21,25-26,32H,3-7,10,14H2,1-2H3. The number of carbonyl (C=O) groups excluding carboxylic acids is 4. The number of ketones is 2. The molecule has 4 atom stereocenters. The Hall–Kier alpha value is -3.28. The van der Waals surface area contributed by atoms with Gasteiger partial charge in [0.2, 0.25) is 11.8 Å². The molecule has 0 bridgehead atoms. The fourth-order valence-corrected chi connectivity index (χ4v) is 7.32. The Bertz CT molecular complexity index is 1310. The molecule has 4 aliphatic carbocycles. The molecule has 4 unspecified atom stereocenters. The Morgan fingerprint density at radius 1 is 0.944 bits per heavy atom. The zero-order valence-electron chi connectivity index (χ0n) is 20.8. The van der Waals surface area contributed by atoms with Crippen molar-refractivity contribution in [2.45, 2.75) is 70.8 Å². The number of carbonyl (C=O) groups is 4. The minimum absolute atomic E-state index is 0.0230. The first-order valence-electron chi connectivity index (χ1n) is 13.1. The second-order valence-electron chi connectivity index (χ2n) is 11.1. The number of amides is 2. The molecule has 2 fully saturated rings. The number of allylic oxidation sites excluding steroid dienone is 6. The number of rotatable bonds is 2. The molecule has 5 aliphatic rings. The lowest BCUT2D eigenvalue weighted by Gasteiger charge is -2.42. The van der Waals surface area contributed by atoms with E-state index in [1.165, 1.54) is 6.08 Å². The average molecular weight is 486 g/mol. The molecule has 1 saturated heterocycles. The number of imide groups is 1. The van der Waals surface area contributed by atoms with Gasteiger partial charge in [-0.15, -0.1) is 0 Å². The van der Waals surface area contributed by atoms with E-state index in [1.54, 1.807) is 30.9 Å². The molecule has 0 aromatic heterocycles. The SMILES string of the molecule is CC1=CC(=O)C2=C(C1=O)C(c1ccc(O)c(C)c1)C1=CCC3C(=O)N(C4CCCCC4)C(=O)C3C1C2. The van der Waals surface area contributed by atoms with Crippen LogP contribution in [0.5, 0.6) is 5.75 Å². The predicted octanol–water partition coefficient (Wildman–Crippen LogP) is 4.46. The van der Waals surface area contributed by atoms with Crippen molar-refractivity contribution in [1.82, 2.24) is 4.90 Å². The molecule has 1 aliphatic heterocycles. The molecule has 6 rings (SSSR count). The minimum atomic E-state index is -0.496. The number of hydrogen-bond donors (Lipinski definition) is 1. The highest BCUT2D eigenvalue weighted by atomic mass is 16.3. The number of Topliss-reactive ketones (excluding diaryl/α,β-unsaturated/α-hetero) is 1. The molecule has 1 aromatic carbocycles. The van der Waals surface area contributed by atoms with Crippen LogP contribution in [0.25, 0.3) is 0 Å². The molecule has 1 N–H and O–H groups in total. The van der Waals surface area contributed by atoms with Crippen molar-refractivity contribution >= 4 is 23.4 Å². The number of fused-ring (bicyclic) bond motifs is 3. The van der Waals surface area contributed by atoms with Gasteiger partial charge in [0.05, 0.1) is 11.8 Å². The zero-order valence-corrected chi connectivity index (χ0v) is 20.8. The van der Waals surface area contributed by atoms with E-state index in [4.69, 9.17) is 0 Å². The van der Waals surface area contributed by atoms with Gasteiger partial charge in [0.1, 0.15) is 5.75 Å². The van der Waals surface area contributed by atoms with Gasteiger partial charge in [-0.3, -0.25) is 24.1 Å². The maximum Gasteiger partial charge on any atom is 0.233 e. The van der Waals surface area contributed by atoms with Gasteiger partial charge in [0.15, 0.2) is 11.6 Å². The first-order valence-corrected chi connectivity index (χ1v) is 13.1. The smallest absolute Gasteiger partial charge is 0.233 e. The van der Waals surface area contributed by atoms with Crippen LogP contribution in [-0.4, -0.2) is 39.4 Å². The third-order valence-electron chi connectivity index (χ3n) is 9.09. The van der Waals surface area contributed by atoms with E-state index in [0.29, 0.717) is 35.1 Å². The van der Waals surface area contributed by atoms with Gasteiger partial charge in [0.25, 0.3) is 0 Å². The van der Waals surface area contributed by atoms with Crippen LogP contribution in [-0.2, 0) is 19.2 Å². The van der Waals surface area contributed by atoms with Gasteiger partial charge in [-0.25, -0.2) is 0 Å². The van der Waals surface area contributed by atoms with E-state index in [-0.39, 0.29) is 41.1 Å². The van der Waals surface area contributed by atoms with Crippen LogP contribution in [0, 0.1) is 24.7 Å². The lowest BCUT2D eigenvalue weighted by molar-refractivity contribution is -0.143. The van der Waals surface area contributed by atoms with Crippen LogP contribution >= 0.6 is 0 Å². The number of phenolic OH excluding ortho intramolecular Hbond substituents is 1. The lowest BCUT2D eigenvalue weighted by atomic mass is 9.59. The summed E-state index contributed by atoms with van der Waals surface area (Å²) >= 11 is 0. The number of likely N-dealkylation sites (tertiary alicyclic amines) is 1. The molecular formula is C30H31NO5. The predicted molar refractivity (Wildman–Crippen MR) is 133 cm³/mol. The van der Waals surface area contributed by atoms with E-state index >= 15 is 0 Å². The highest BCUT2D eigenvalue weighted by Gasteiger charge is 2.57. The van der Waals surface area contributed by atoms with Crippen LogP contribution in [0.1, 0.15) is 68.9 Å². The molecule has 1 aromatic rings. The van der Waals surface area contributed by atoms with Crippen molar-refractivity contribution in [3.05, 3.63) is 63.8 Å². The van der Waals surface area contributed by atoms with Gasteiger partial charge in [-0.1, -0.05) is 43.0 Å². The second-order valence-corrected chi connectivity index (χ2v) is 11.1. The van der Waals surface area contributed by atoms with Crippen molar-refractivity contribution in [3.8, 4) is 5.75 Å². The number of aromatic hydroxyl groups is 1. The van der Waals surface area contributed by atoms with Crippen molar-refractivity contribution < 1.29 is 24.3 Å². The quantitative estimate of drug-likeness (QED) is 0.379. The number of aryl methyl sites for hydroxylation is 1. The Labute approximate surface area is 210 Å². The fraction of sp³-hybridized carbons (Fsp3) is 0.467. The van der Waals surface area contributed by atoms with E-state index in [0.717, 1.165) is 43.2 Å². The number of nitrogens with zero attached hydrogens (tertiary/aromatic N) is 1. The normalized spacial score (nSPS) is 30.7. The third kappa shape index (κ3) is 3.30. The van der Waals surface area contributed by atoms with Crippen LogP contribution < -0.4 is 0 Å². The number of benzene rings is 1. The molecular weight excluding hydrogens is 454 g/mol. The van der Waals surface area contributed by atoms with Gasteiger partial charge in [-0.05, 0) is 68.7 Å². The van der Waals surface area contributed by atoms with Crippen molar-refractivity contribution in [1.29, 1.82) is 0 Å². The molecule has 2 amide bonds. The lowest BCUT2D eigenvalue weighted by Crippen LogP contribution is -2.43. The summed E-state index contributed by atoms with van der Waals surface area (Å²) in [6, 6.07) is 5.26. The molecule has 1 heterocycles. The summed E-state index contributed by atoms with van der Waals surface area (Å²) in [7, 11) is 0. The van der Waals surface area contributed by atoms with E-state index < -0.39 is 17.8 Å². The summed E-state index contributed by atoms with van der Waals surface area (Å²) in [5.41, 5.74) is 3.85. The van der Waals surface area contributed by atoms with Crippen molar-refractivity contribution in [3.63, 3.8) is 0 Å². The second kappa shape index (κ2) is 8.39. The monoisotopic (exact) mass is 485 g/mol. The summed E-state index contributed by atoms with van der Waals surface area (Å²) < 4.78 is 0. The Morgan fingerprint density at radius 2 is 1.69 bits per heavy atom.